The maximum atomic E-state index is 12.1. The van der Waals surface area contributed by atoms with E-state index < -0.39 is 5.60 Å². The normalized spacial score (nSPS) is 16.1. The number of fused-ring (bicyclic) bond motifs is 1. The Morgan fingerprint density at radius 1 is 1.32 bits per heavy atom. The van der Waals surface area contributed by atoms with Gasteiger partial charge in [0.05, 0.1) is 7.11 Å². The summed E-state index contributed by atoms with van der Waals surface area (Å²) >= 11 is 0. The number of oxazole rings is 1. The Kier molecular flexibility index (Phi) is 4.74. The van der Waals surface area contributed by atoms with Gasteiger partial charge in [0, 0.05) is 25.2 Å². The van der Waals surface area contributed by atoms with Crippen molar-refractivity contribution in [3.63, 3.8) is 0 Å². The molecule has 0 atom stereocenters. The number of aromatic nitrogens is 1. The van der Waals surface area contributed by atoms with Crippen molar-refractivity contribution >= 4 is 23.2 Å². The zero-order chi connectivity index (χ0) is 18.0. The Balaban J connectivity index is 1.56. The van der Waals surface area contributed by atoms with E-state index in [0.717, 1.165) is 29.7 Å². The lowest BCUT2D eigenvalue weighted by molar-refractivity contribution is 0.0210. The van der Waals surface area contributed by atoms with Crippen LogP contribution < -0.4 is 10.1 Å². The van der Waals surface area contributed by atoms with Gasteiger partial charge in [0.1, 0.15) is 16.9 Å². The quantitative estimate of drug-likeness (QED) is 0.913. The second-order valence-corrected chi connectivity index (χ2v) is 7.24. The van der Waals surface area contributed by atoms with Crippen molar-refractivity contribution in [3.05, 3.63) is 18.2 Å². The summed E-state index contributed by atoms with van der Waals surface area (Å²) in [4.78, 5) is 18.3. The molecule has 1 amide bonds. The number of carbonyl (C=O) groups excluding carboxylic acids is 1. The van der Waals surface area contributed by atoms with Crippen LogP contribution in [0.4, 0.5) is 10.8 Å². The fraction of sp³-hybridized carbons (Fsp3) is 0.556. The number of piperidine rings is 1. The number of hydrogen-bond acceptors (Lipinski definition) is 6. The molecule has 1 aromatic carbocycles. The molecular weight excluding hydrogens is 322 g/mol. The number of amides is 1. The lowest BCUT2D eigenvalue weighted by Gasteiger charge is -2.33. The average molecular weight is 347 g/mol. The smallest absolute Gasteiger partial charge is 0.410 e. The van der Waals surface area contributed by atoms with Crippen molar-refractivity contribution in [1.29, 1.82) is 0 Å². The molecule has 3 rings (SSSR count). The molecule has 0 aliphatic carbocycles. The number of carbonyl (C=O) groups is 1. The van der Waals surface area contributed by atoms with Gasteiger partial charge in [-0.1, -0.05) is 0 Å². The molecule has 1 aliphatic rings. The second-order valence-electron chi connectivity index (χ2n) is 7.24. The lowest BCUT2D eigenvalue weighted by Crippen LogP contribution is -2.44. The summed E-state index contributed by atoms with van der Waals surface area (Å²) in [5, 5.41) is 3.32. The summed E-state index contributed by atoms with van der Waals surface area (Å²) in [6.07, 6.45) is 1.39. The van der Waals surface area contributed by atoms with Crippen LogP contribution in [0.3, 0.4) is 0 Å². The Hall–Kier alpha value is -2.44. The predicted octanol–water partition coefficient (Wildman–Crippen LogP) is 3.65. The highest BCUT2D eigenvalue weighted by Gasteiger charge is 2.27. The summed E-state index contributed by atoms with van der Waals surface area (Å²) in [7, 11) is 1.62. The first-order valence-electron chi connectivity index (χ1n) is 8.53. The zero-order valence-corrected chi connectivity index (χ0v) is 15.2. The van der Waals surface area contributed by atoms with E-state index in [1.807, 2.05) is 39.0 Å². The highest BCUT2D eigenvalue weighted by Crippen LogP contribution is 2.25. The van der Waals surface area contributed by atoms with Crippen LogP contribution in [0.25, 0.3) is 11.1 Å². The van der Waals surface area contributed by atoms with E-state index in [2.05, 4.69) is 10.3 Å². The summed E-state index contributed by atoms with van der Waals surface area (Å²) in [5.74, 6) is 0.748. The van der Waals surface area contributed by atoms with Gasteiger partial charge in [0.2, 0.25) is 0 Å². The van der Waals surface area contributed by atoms with Crippen molar-refractivity contribution in [3.8, 4) is 5.75 Å². The first-order chi connectivity index (χ1) is 11.8. The average Bonchev–Trinajstić information content (AvgIpc) is 2.95. The van der Waals surface area contributed by atoms with Crippen molar-refractivity contribution in [2.75, 3.05) is 25.5 Å². The number of ether oxygens (including phenoxy) is 2. The van der Waals surface area contributed by atoms with E-state index in [9.17, 15) is 4.79 Å². The molecule has 0 unspecified atom stereocenters. The number of nitrogens with zero attached hydrogens (tertiary/aromatic N) is 2. The molecule has 1 fully saturated rings. The third-order valence-corrected chi connectivity index (χ3v) is 4.07. The monoisotopic (exact) mass is 347 g/mol. The summed E-state index contributed by atoms with van der Waals surface area (Å²) in [6, 6.07) is 6.25. The van der Waals surface area contributed by atoms with Crippen LogP contribution in [0.5, 0.6) is 5.75 Å². The third-order valence-electron chi connectivity index (χ3n) is 4.07. The summed E-state index contributed by atoms with van der Waals surface area (Å²) in [6.45, 7) is 6.94. The highest BCUT2D eigenvalue weighted by atomic mass is 16.6. The fourth-order valence-corrected chi connectivity index (χ4v) is 2.80. The number of likely N-dealkylation sites (tertiary alicyclic amines) is 1. The minimum Gasteiger partial charge on any atom is -0.497 e. The SMILES string of the molecule is COc1ccc2oc(NC3CCN(C(=O)OC(C)(C)C)CC3)nc2c1. The molecule has 2 heterocycles. The van der Waals surface area contributed by atoms with Gasteiger partial charge >= 0.3 is 6.09 Å². The molecule has 7 nitrogen and oxygen atoms in total. The number of methoxy groups -OCH3 is 1. The molecule has 0 saturated carbocycles. The van der Waals surface area contributed by atoms with Crippen LogP contribution >= 0.6 is 0 Å². The first-order valence-corrected chi connectivity index (χ1v) is 8.53. The van der Waals surface area contributed by atoms with Gasteiger partial charge in [-0.2, -0.15) is 4.98 Å². The molecule has 1 N–H and O–H groups in total. The lowest BCUT2D eigenvalue weighted by atomic mass is 10.1. The van der Waals surface area contributed by atoms with Gasteiger partial charge in [-0.25, -0.2) is 4.79 Å². The van der Waals surface area contributed by atoms with Gasteiger partial charge in [-0.15, -0.1) is 0 Å². The van der Waals surface area contributed by atoms with Gasteiger partial charge in [0.25, 0.3) is 6.01 Å². The molecule has 2 aromatic rings. The molecule has 1 aromatic heterocycles. The van der Waals surface area contributed by atoms with Gasteiger partial charge in [0.15, 0.2) is 5.58 Å². The minimum atomic E-state index is -0.467. The molecule has 7 heteroatoms. The van der Waals surface area contributed by atoms with Gasteiger partial charge in [-0.3, -0.25) is 0 Å². The van der Waals surface area contributed by atoms with E-state index in [1.54, 1.807) is 12.0 Å². The Morgan fingerprint density at radius 2 is 2.04 bits per heavy atom. The zero-order valence-electron chi connectivity index (χ0n) is 15.2. The van der Waals surface area contributed by atoms with E-state index in [4.69, 9.17) is 13.9 Å². The Labute approximate surface area is 147 Å². The molecule has 25 heavy (non-hydrogen) atoms. The number of anilines is 1. The molecule has 1 saturated heterocycles. The van der Waals surface area contributed by atoms with Crippen LogP contribution in [0.15, 0.2) is 22.6 Å². The molecular formula is C18H25N3O4. The first kappa shape index (κ1) is 17.4. The van der Waals surface area contributed by atoms with Crippen LogP contribution in [-0.4, -0.2) is 47.8 Å². The Bertz CT molecular complexity index is 742. The number of hydrogen-bond donors (Lipinski definition) is 1. The van der Waals surface area contributed by atoms with Crippen LogP contribution in [0.1, 0.15) is 33.6 Å². The standard InChI is InChI=1S/C18H25N3O4/c1-18(2,3)25-17(22)21-9-7-12(8-10-21)19-16-20-14-11-13(23-4)5-6-15(14)24-16/h5-6,11-12H,7-10H2,1-4H3,(H,19,20). The fourth-order valence-electron chi connectivity index (χ4n) is 2.80. The molecule has 0 bridgehead atoms. The number of rotatable bonds is 3. The molecule has 1 aliphatic heterocycles. The third kappa shape index (κ3) is 4.35. The minimum absolute atomic E-state index is 0.216. The van der Waals surface area contributed by atoms with E-state index in [-0.39, 0.29) is 12.1 Å². The van der Waals surface area contributed by atoms with Gasteiger partial charge < -0.3 is 24.1 Å². The topological polar surface area (TPSA) is 76.8 Å². The molecule has 0 spiro atoms. The Morgan fingerprint density at radius 3 is 2.68 bits per heavy atom. The highest BCUT2D eigenvalue weighted by molar-refractivity contribution is 5.76. The van der Waals surface area contributed by atoms with Crippen LogP contribution in [-0.2, 0) is 4.74 Å². The second kappa shape index (κ2) is 6.82. The summed E-state index contributed by atoms with van der Waals surface area (Å²) < 4.78 is 16.3. The van der Waals surface area contributed by atoms with Crippen LogP contribution in [0.2, 0.25) is 0 Å². The van der Waals surface area contributed by atoms with E-state index in [0.29, 0.717) is 19.1 Å². The van der Waals surface area contributed by atoms with Gasteiger partial charge in [-0.05, 0) is 45.7 Å². The predicted molar refractivity (Wildman–Crippen MR) is 95.0 cm³/mol. The maximum absolute atomic E-state index is 12.1. The summed E-state index contributed by atoms with van der Waals surface area (Å²) in [5.41, 5.74) is 1.01. The maximum Gasteiger partial charge on any atom is 0.410 e. The van der Waals surface area contributed by atoms with Crippen molar-refractivity contribution < 1.29 is 18.7 Å². The largest absolute Gasteiger partial charge is 0.497 e. The van der Waals surface area contributed by atoms with Crippen LogP contribution in [0, 0.1) is 0 Å². The van der Waals surface area contributed by atoms with E-state index >= 15 is 0 Å². The van der Waals surface area contributed by atoms with Crippen molar-refractivity contribution in [2.24, 2.45) is 0 Å². The van der Waals surface area contributed by atoms with Crippen molar-refractivity contribution in [1.82, 2.24) is 9.88 Å². The van der Waals surface area contributed by atoms with Crippen molar-refractivity contribution in [2.45, 2.75) is 45.3 Å². The molecule has 136 valence electrons. The molecule has 0 radical (unpaired) electrons. The number of benzene rings is 1. The van der Waals surface area contributed by atoms with E-state index in [1.165, 1.54) is 0 Å². The number of nitrogens with one attached hydrogen (secondary N) is 1.